The maximum absolute atomic E-state index is 10.6. The van der Waals surface area contributed by atoms with E-state index in [0.717, 1.165) is 13.0 Å². The van der Waals surface area contributed by atoms with Gasteiger partial charge in [0.1, 0.15) is 6.04 Å². The van der Waals surface area contributed by atoms with Crippen LogP contribution in [-0.2, 0) is 11.2 Å². The summed E-state index contributed by atoms with van der Waals surface area (Å²) in [6.07, 6.45) is 1.06. The van der Waals surface area contributed by atoms with Crippen molar-refractivity contribution >= 4 is 5.97 Å². The Kier molecular flexibility index (Phi) is 2.73. The molecule has 2 rings (SSSR count). The number of hydrogen-bond acceptors (Lipinski definition) is 2. The van der Waals surface area contributed by atoms with E-state index >= 15 is 0 Å². The average molecular weight is 205 g/mol. The van der Waals surface area contributed by atoms with Crippen molar-refractivity contribution in [3.63, 3.8) is 0 Å². The maximum atomic E-state index is 10.6. The highest BCUT2D eigenvalue weighted by molar-refractivity contribution is 5.72. The van der Waals surface area contributed by atoms with Crippen LogP contribution >= 0.6 is 0 Å². The fourth-order valence-corrected chi connectivity index (χ4v) is 1.95. The van der Waals surface area contributed by atoms with Crippen molar-refractivity contribution in [2.45, 2.75) is 25.3 Å². The molecule has 0 fully saturated rings. The topological polar surface area (TPSA) is 49.3 Å². The van der Waals surface area contributed by atoms with Crippen LogP contribution in [0.25, 0.3) is 0 Å². The number of carbonyl (C=O) groups is 1. The SMILES string of the molecule is C[C@@H](NCC1Cc2ccccc21)C(=O)O. The van der Waals surface area contributed by atoms with E-state index in [0.29, 0.717) is 5.92 Å². The second-order valence-electron chi connectivity index (χ2n) is 4.07. The summed E-state index contributed by atoms with van der Waals surface area (Å²) in [5.74, 6) is -0.300. The van der Waals surface area contributed by atoms with E-state index in [1.165, 1.54) is 11.1 Å². The number of aliphatic carboxylic acids is 1. The van der Waals surface area contributed by atoms with Gasteiger partial charge in [-0.05, 0) is 24.5 Å². The first-order chi connectivity index (χ1) is 7.18. The number of carboxylic acids is 1. The fourth-order valence-electron chi connectivity index (χ4n) is 1.95. The van der Waals surface area contributed by atoms with Gasteiger partial charge in [0, 0.05) is 12.5 Å². The molecule has 3 nitrogen and oxygen atoms in total. The van der Waals surface area contributed by atoms with E-state index in [2.05, 4.69) is 17.4 Å². The summed E-state index contributed by atoms with van der Waals surface area (Å²) in [5.41, 5.74) is 2.76. The number of rotatable bonds is 4. The molecule has 0 saturated heterocycles. The molecule has 1 aliphatic rings. The van der Waals surface area contributed by atoms with Crippen LogP contribution < -0.4 is 5.32 Å². The molecular weight excluding hydrogens is 190 g/mol. The third-order valence-electron chi connectivity index (χ3n) is 3.00. The lowest BCUT2D eigenvalue weighted by molar-refractivity contribution is -0.139. The molecule has 1 aromatic carbocycles. The number of hydrogen-bond donors (Lipinski definition) is 2. The van der Waals surface area contributed by atoms with Crippen LogP contribution in [0.3, 0.4) is 0 Å². The second-order valence-corrected chi connectivity index (χ2v) is 4.07. The van der Waals surface area contributed by atoms with Crippen LogP contribution in [0.4, 0.5) is 0 Å². The van der Waals surface area contributed by atoms with Gasteiger partial charge in [0.05, 0.1) is 0 Å². The van der Waals surface area contributed by atoms with Crippen molar-refractivity contribution in [1.29, 1.82) is 0 Å². The Morgan fingerprint density at radius 2 is 2.33 bits per heavy atom. The maximum Gasteiger partial charge on any atom is 0.320 e. The van der Waals surface area contributed by atoms with Gasteiger partial charge in [0.15, 0.2) is 0 Å². The third kappa shape index (κ3) is 2.02. The van der Waals surface area contributed by atoms with Gasteiger partial charge in [-0.15, -0.1) is 0 Å². The van der Waals surface area contributed by atoms with E-state index in [-0.39, 0.29) is 0 Å². The lowest BCUT2D eigenvalue weighted by Crippen LogP contribution is -2.38. The van der Waals surface area contributed by atoms with Gasteiger partial charge in [-0.2, -0.15) is 0 Å². The summed E-state index contributed by atoms with van der Waals surface area (Å²) in [7, 11) is 0. The summed E-state index contributed by atoms with van der Waals surface area (Å²) in [5, 5.41) is 11.7. The number of carboxylic acid groups (broad SMARTS) is 1. The van der Waals surface area contributed by atoms with Gasteiger partial charge >= 0.3 is 5.97 Å². The van der Waals surface area contributed by atoms with Crippen molar-refractivity contribution in [1.82, 2.24) is 5.32 Å². The molecule has 0 saturated carbocycles. The molecule has 3 heteroatoms. The summed E-state index contributed by atoms with van der Waals surface area (Å²) >= 11 is 0. The Hall–Kier alpha value is -1.35. The lowest BCUT2D eigenvalue weighted by Gasteiger charge is -2.30. The largest absolute Gasteiger partial charge is 0.480 e. The first-order valence-electron chi connectivity index (χ1n) is 5.22. The van der Waals surface area contributed by atoms with E-state index in [4.69, 9.17) is 5.11 Å². The smallest absolute Gasteiger partial charge is 0.320 e. The predicted molar refractivity (Wildman–Crippen MR) is 58.0 cm³/mol. The second kappa shape index (κ2) is 4.03. The lowest BCUT2D eigenvalue weighted by atomic mass is 9.77. The van der Waals surface area contributed by atoms with Gasteiger partial charge in [0.2, 0.25) is 0 Å². The highest BCUT2D eigenvalue weighted by atomic mass is 16.4. The van der Waals surface area contributed by atoms with Crippen LogP contribution in [0, 0.1) is 0 Å². The van der Waals surface area contributed by atoms with Crippen molar-refractivity contribution in [3.8, 4) is 0 Å². The van der Waals surface area contributed by atoms with Crippen molar-refractivity contribution in [2.75, 3.05) is 6.54 Å². The first kappa shape index (κ1) is 10.2. The van der Waals surface area contributed by atoms with Gasteiger partial charge in [-0.25, -0.2) is 0 Å². The molecule has 2 atom stereocenters. The van der Waals surface area contributed by atoms with Gasteiger partial charge in [0.25, 0.3) is 0 Å². The summed E-state index contributed by atoms with van der Waals surface area (Å²) in [4.78, 5) is 10.6. The zero-order valence-corrected chi connectivity index (χ0v) is 8.73. The molecule has 2 N–H and O–H groups in total. The Bertz CT molecular complexity index is 376. The van der Waals surface area contributed by atoms with Crippen LogP contribution in [-0.4, -0.2) is 23.7 Å². The number of benzene rings is 1. The molecule has 0 spiro atoms. The van der Waals surface area contributed by atoms with E-state index in [1.54, 1.807) is 6.92 Å². The molecule has 15 heavy (non-hydrogen) atoms. The molecule has 0 aromatic heterocycles. The van der Waals surface area contributed by atoms with Gasteiger partial charge in [-0.3, -0.25) is 4.79 Å². The fraction of sp³-hybridized carbons (Fsp3) is 0.417. The number of fused-ring (bicyclic) bond motifs is 1. The Morgan fingerprint density at radius 3 is 3.00 bits per heavy atom. The van der Waals surface area contributed by atoms with Gasteiger partial charge in [-0.1, -0.05) is 24.3 Å². The quantitative estimate of drug-likeness (QED) is 0.781. The summed E-state index contributed by atoms with van der Waals surface area (Å²) in [6, 6.07) is 7.87. The van der Waals surface area contributed by atoms with Gasteiger partial charge < -0.3 is 10.4 Å². The van der Waals surface area contributed by atoms with Crippen LogP contribution in [0.15, 0.2) is 24.3 Å². The molecule has 0 amide bonds. The normalized spacial score (nSPS) is 20.2. The zero-order chi connectivity index (χ0) is 10.8. The van der Waals surface area contributed by atoms with Crippen molar-refractivity contribution in [2.24, 2.45) is 0 Å². The van der Waals surface area contributed by atoms with Crippen LogP contribution in [0.2, 0.25) is 0 Å². The zero-order valence-electron chi connectivity index (χ0n) is 8.73. The van der Waals surface area contributed by atoms with Crippen LogP contribution in [0.1, 0.15) is 24.0 Å². The van der Waals surface area contributed by atoms with Crippen molar-refractivity contribution < 1.29 is 9.90 Å². The minimum absolute atomic E-state index is 0.460. The minimum atomic E-state index is -0.789. The summed E-state index contributed by atoms with van der Waals surface area (Å²) in [6.45, 7) is 2.43. The third-order valence-corrected chi connectivity index (χ3v) is 3.00. The predicted octanol–water partition coefficient (Wildman–Crippen LogP) is 1.39. The van der Waals surface area contributed by atoms with Crippen LogP contribution in [0.5, 0.6) is 0 Å². The van der Waals surface area contributed by atoms with E-state index in [1.807, 2.05) is 12.1 Å². The highest BCUT2D eigenvalue weighted by Gasteiger charge is 2.25. The first-order valence-corrected chi connectivity index (χ1v) is 5.22. The monoisotopic (exact) mass is 205 g/mol. The standard InChI is InChI=1S/C12H15NO2/c1-8(12(14)15)13-7-10-6-9-4-2-3-5-11(9)10/h2-5,8,10,13H,6-7H2,1H3,(H,14,15)/t8-,10?/m1/s1. The Morgan fingerprint density at radius 1 is 1.60 bits per heavy atom. The molecule has 0 heterocycles. The van der Waals surface area contributed by atoms with E-state index < -0.39 is 12.0 Å². The average Bonchev–Trinajstić information content (AvgIpc) is 2.19. The van der Waals surface area contributed by atoms with E-state index in [9.17, 15) is 4.79 Å². The molecule has 1 unspecified atom stereocenters. The summed E-state index contributed by atoms with van der Waals surface area (Å²) < 4.78 is 0. The molecule has 0 bridgehead atoms. The Balaban J connectivity index is 1.87. The molecular formula is C12H15NO2. The number of nitrogens with one attached hydrogen (secondary N) is 1. The van der Waals surface area contributed by atoms with Crippen molar-refractivity contribution in [3.05, 3.63) is 35.4 Å². The molecule has 0 aliphatic heterocycles. The molecule has 0 radical (unpaired) electrons. The highest BCUT2D eigenvalue weighted by Crippen LogP contribution is 2.33. The molecule has 1 aromatic rings. The molecule has 1 aliphatic carbocycles. The Labute approximate surface area is 89.1 Å². The minimum Gasteiger partial charge on any atom is -0.480 e. The molecule has 80 valence electrons.